The van der Waals surface area contributed by atoms with E-state index < -0.39 is 0 Å². The van der Waals surface area contributed by atoms with Crippen LogP contribution in [0.2, 0.25) is 0 Å². The van der Waals surface area contributed by atoms with Gasteiger partial charge in [0.15, 0.2) is 0 Å². The summed E-state index contributed by atoms with van der Waals surface area (Å²) in [6.07, 6.45) is 1.78. The van der Waals surface area contributed by atoms with Crippen LogP contribution in [-0.4, -0.2) is 20.9 Å². The molecule has 0 saturated heterocycles. The lowest BCUT2D eigenvalue weighted by Gasteiger charge is -2.11. The molecular formula is C14H20N4O. The van der Waals surface area contributed by atoms with Crippen LogP contribution in [0.15, 0.2) is 30.6 Å². The fourth-order valence-electron chi connectivity index (χ4n) is 1.79. The molecule has 2 aromatic rings. The molecule has 2 rings (SSSR count). The first kappa shape index (κ1) is 13.4. The van der Waals surface area contributed by atoms with E-state index in [4.69, 9.17) is 4.74 Å². The van der Waals surface area contributed by atoms with Crippen LogP contribution in [0.4, 0.5) is 5.69 Å². The first-order valence-corrected chi connectivity index (χ1v) is 6.56. The van der Waals surface area contributed by atoms with E-state index in [-0.39, 0.29) is 6.10 Å². The minimum Gasteiger partial charge on any atom is -0.491 e. The second kappa shape index (κ2) is 6.22. The topological polar surface area (TPSA) is 52.0 Å². The Labute approximate surface area is 113 Å². The third kappa shape index (κ3) is 3.71. The van der Waals surface area contributed by atoms with E-state index in [1.807, 2.05) is 42.8 Å². The summed E-state index contributed by atoms with van der Waals surface area (Å²) >= 11 is 0. The van der Waals surface area contributed by atoms with Crippen LogP contribution >= 0.6 is 0 Å². The predicted molar refractivity (Wildman–Crippen MR) is 75.2 cm³/mol. The lowest BCUT2D eigenvalue weighted by molar-refractivity contribution is 0.242. The number of nitrogens with zero attached hydrogens (tertiary/aromatic N) is 3. The monoisotopic (exact) mass is 260 g/mol. The number of ether oxygens (including phenoxy) is 1. The summed E-state index contributed by atoms with van der Waals surface area (Å²) in [7, 11) is 0. The van der Waals surface area contributed by atoms with Crippen LogP contribution in [0.3, 0.4) is 0 Å². The molecule has 0 radical (unpaired) electrons. The fraction of sp³-hybridized carbons (Fsp3) is 0.429. The number of benzene rings is 1. The highest BCUT2D eigenvalue weighted by Crippen LogP contribution is 2.17. The van der Waals surface area contributed by atoms with Gasteiger partial charge in [-0.1, -0.05) is 0 Å². The van der Waals surface area contributed by atoms with Crippen molar-refractivity contribution in [2.45, 2.75) is 40.0 Å². The van der Waals surface area contributed by atoms with E-state index in [9.17, 15) is 0 Å². The Morgan fingerprint density at radius 1 is 1.26 bits per heavy atom. The standard InChI is InChI=1S/C14H20N4O/c1-4-18-14(16-10-17-18)9-15-12-5-7-13(8-6-12)19-11(2)3/h5-8,10-11,15H,4,9H2,1-3H3. The molecule has 1 N–H and O–H groups in total. The van der Waals surface area contributed by atoms with Crippen molar-refractivity contribution < 1.29 is 4.74 Å². The van der Waals surface area contributed by atoms with Crippen LogP contribution in [0.25, 0.3) is 0 Å². The van der Waals surface area contributed by atoms with Gasteiger partial charge in [-0.05, 0) is 45.0 Å². The van der Waals surface area contributed by atoms with E-state index in [2.05, 4.69) is 22.3 Å². The Kier molecular flexibility index (Phi) is 4.39. The highest BCUT2D eigenvalue weighted by atomic mass is 16.5. The smallest absolute Gasteiger partial charge is 0.146 e. The van der Waals surface area contributed by atoms with E-state index in [1.165, 1.54) is 0 Å². The summed E-state index contributed by atoms with van der Waals surface area (Å²) in [6.45, 7) is 7.58. The van der Waals surface area contributed by atoms with Gasteiger partial charge in [-0.3, -0.25) is 0 Å². The zero-order valence-corrected chi connectivity index (χ0v) is 11.6. The molecule has 5 nitrogen and oxygen atoms in total. The molecule has 0 amide bonds. The summed E-state index contributed by atoms with van der Waals surface area (Å²) < 4.78 is 7.48. The first-order valence-electron chi connectivity index (χ1n) is 6.56. The van der Waals surface area contributed by atoms with Gasteiger partial charge in [-0.2, -0.15) is 5.10 Å². The lowest BCUT2D eigenvalue weighted by Crippen LogP contribution is -2.09. The number of rotatable bonds is 6. The second-order valence-corrected chi connectivity index (χ2v) is 4.54. The molecule has 0 atom stereocenters. The number of hydrogen-bond donors (Lipinski definition) is 1. The van der Waals surface area contributed by atoms with Crippen molar-refractivity contribution in [1.29, 1.82) is 0 Å². The minimum absolute atomic E-state index is 0.196. The normalized spacial score (nSPS) is 10.7. The van der Waals surface area contributed by atoms with Gasteiger partial charge in [0, 0.05) is 12.2 Å². The van der Waals surface area contributed by atoms with Gasteiger partial charge < -0.3 is 10.1 Å². The molecule has 0 aliphatic rings. The molecule has 0 aliphatic carbocycles. The zero-order valence-electron chi connectivity index (χ0n) is 11.6. The van der Waals surface area contributed by atoms with Gasteiger partial charge in [-0.15, -0.1) is 0 Å². The maximum atomic E-state index is 5.60. The Hall–Kier alpha value is -2.04. The summed E-state index contributed by atoms with van der Waals surface area (Å²) in [6, 6.07) is 7.94. The van der Waals surface area contributed by atoms with Gasteiger partial charge in [0.2, 0.25) is 0 Å². The SMILES string of the molecule is CCn1ncnc1CNc1ccc(OC(C)C)cc1. The van der Waals surface area contributed by atoms with E-state index in [1.54, 1.807) is 6.33 Å². The predicted octanol–water partition coefficient (Wildman–Crippen LogP) is 2.70. The van der Waals surface area contributed by atoms with E-state index in [0.717, 1.165) is 23.8 Å². The van der Waals surface area contributed by atoms with Gasteiger partial charge >= 0.3 is 0 Å². The molecule has 1 heterocycles. The third-order valence-corrected chi connectivity index (χ3v) is 2.67. The molecule has 0 bridgehead atoms. The number of aromatic nitrogens is 3. The quantitative estimate of drug-likeness (QED) is 0.867. The average molecular weight is 260 g/mol. The minimum atomic E-state index is 0.196. The van der Waals surface area contributed by atoms with E-state index in [0.29, 0.717) is 6.54 Å². The van der Waals surface area contributed by atoms with Crippen molar-refractivity contribution in [3.05, 3.63) is 36.4 Å². The first-order chi connectivity index (χ1) is 9.19. The Bertz CT molecular complexity index is 504. The van der Waals surface area contributed by atoms with Gasteiger partial charge in [0.05, 0.1) is 12.6 Å². The fourth-order valence-corrected chi connectivity index (χ4v) is 1.79. The average Bonchev–Trinajstić information content (AvgIpc) is 2.84. The molecule has 0 aliphatic heterocycles. The van der Waals surface area contributed by atoms with Crippen molar-refractivity contribution in [2.75, 3.05) is 5.32 Å². The third-order valence-electron chi connectivity index (χ3n) is 2.67. The molecule has 0 unspecified atom stereocenters. The molecule has 0 saturated carbocycles. The largest absolute Gasteiger partial charge is 0.491 e. The maximum Gasteiger partial charge on any atom is 0.146 e. The number of anilines is 1. The molecule has 1 aromatic carbocycles. The van der Waals surface area contributed by atoms with E-state index >= 15 is 0 Å². The summed E-state index contributed by atoms with van der Waals surface area (Å²) in [5.41, 5.74) is 1.04. The summed E-state index contributed by atoms with van der Waals surface area (Å²) in [5, 5.41) is 7.46. The maximum absolute atomic E-state index is 5.60. The summed E-state index contributed by atoms with van der Waals surface area (Å²) in [5.74, 6) is 1.82. The van der Waals surface area contributed by atoms with Crippen LogP contribution < -0.4 is 10.1 Å². The number of hydrogen-bond acceptors (Lipinski definition) is 4. The summed E-state index contributed by atoms with van der Waals surface area (Å²) in [4.78, 5) is 4.22. The Morgan fingerprint density at radius 2 is 2.00 bits per heavy atom. The van der Waals surface area contributed by atoms with Crippen molar-refractivity contribution in [3.8, 4) is 5.75 Å². The van der Waals surface area contributed by atoms with Crippen molar-refractivity contribution in [1.82, 2.24) is 14.8 Å². The van der Waals surface area contributed by atoms with Crippen LogP contribution in [0, 0.1) is 0 Å². The highest BCUT2D eigenvalue weighted by Gasteiger charge is 2.02. The van der Waals surface area contributed by atoms with Crippen molar-refractivity contribution >= 4 is 5.69 Å². The molecule has 1 aromatic heterocycles. The number of nitrogens with one attached hydrogen (secondary N) is 1. The van der Waals surface area contributed by atoms with Crippen molar-refractivity contribution in [3.63, 3.8) is 0 Å². The Balaban J connectivity index is 1.93. The lowest BCUT2D eigenvalue weighted by atomic mass is 10.3. The van der Waals surface area contributed by atoms with Crippen LogP contribution in [0.5, 0.6) is 5.75 Å². The Morgan fingerprint density at radius 3 is 2.63 bits per heavy atom. The zero-order chi connectivity index (χ0) is 13.7. The van der Waals surface area contributed by atoms with Crippen LogP contribution in [-0.2, 0) is 13.1 Å². The van der Waals surface area contributed by atoms with Gasteiger partial charge in [0.25, 0.3) is 0 Å². The highest BCUT2D eigenvalue weighted by molar-refractivity contribution is 5.46. The second-order valence-electron chi connectivity index (χ2n) is 4.54. The van der Waals surface area contributed by atoms with Gasteiger partial charge in [-0.25, -0.2) is 9.67 Å². The molecule has 0 spiro atoms. The van der Waals surface area contributed by atoms with Gasteiger partial charge in [0.1, 0.15) is 17.9 Å². The number of aryl methyl sites for hydroxylation is 1. The molecule has 19 heavy (non-hydrogen) atoms. The molecule has 102 valence electrons. The molecular weight excluding hydrogens is 240 g/mol. The van der Waals surface area contributed by atoms with Crippen LogP contribution in [0.1, 0.15) is 26.6 Å². The molecule has 0 fully saturated rings. The van der Waals surface area contributed by atoms with Crippen molar-refractivity contribution in [2.24, 2.45) is 0 Å². The molecule has 5 heteroatoms.